The van der Waals surface area contributed by atoms with Crippen molar-refractivity contribution in [3.8, 4) is 0 Å². The van der Waals surface area contributed by atoms with Crippen LogP contribution in [0.2, 0.25) is 0 Å². The van der Waals surface area contributed by atoms with Gasteiger partial charge in [-0.2, -0.15) is 0 Å². The fourth-order valence-electron chi connectivity index (χ4n) is 1.54. The summed E-state index contributed by atoms with van der Waals surface area (Å²) in [5, 5.41) is 8.67. The smallest absolute Gasteiger partial charge is 0.408 e. The van der Waals surface area contributed by atoms with Gasteiger partial charge in [0.2, 0.25) is 5.91 Å². The molecule has 0 spiro atoms. The molecule has 0 aromatic heterocycles. The summed E-state index contributed by atoms with van der Waals surface area (Å²) in [4.78, 5) is 23.7. The van der Waals surface area contributed by atoms with Gasteiger partial charge in [0.1, 0.15) is 6.04 Å². The number of likely N-dealkylation sites (tertiary alicyclic amines) is 1. The number of amides is 2. The van der Waals surface area contributed by atoms with Crippen molar-refractivity contribution >= 4 is 12.0 Å². The van der Waals surface area contributed by atoms with E-state index in [1.54, 1.807) is 0 Å². The molecule has 1 saturated heterocycles. The summed E-state index contributed by atoms with van der Waals surface area (Å²) in [5.41, 5.74) is 0. The Morgan fingerprint density at radius 1 is 1.47 bits per heavy atom. The molecule has 0 aliphatic carbocycles. The van der Waals surface area contributed by atoms with Crippen LogP contribution in [0.1, 0.15) is 6.42 Å². The Balaban J connectivity index is 2.87. The van der Waals surface area contributed by atoms with E-state index in [0.717, 1.165) is 4.90 Å². The Kier molecular flexibility index (Phi) is 2.83. The van der Waals surface area contributed by atoms with Crippen molar-refractivity contribution < 1.29 is 23.5 Å². The Hall–Kier alpha value is -1.40. The van der Waals surface area contributed by atoms with E-state index in [-0.39, 0.29) is 0 Å². The summed E-state index contributed by atoms with van der Waals surface area (Å²) in [7, 11) is 2.80. The highest BCUT2D eigenvalue weighted by Crippen LogP contribution is 2.32. The van der Waals surface area contributed by atoms with Crippen LogP contribution in [-0.2, 0) is 4.79 Å². The second-order valence-electron chi connectivity index (χ2n) is 3.72. The SMILES string of the molecule is CN(C)C(=O)[C@@H]1CC(F)(F)CN1C(=O)O. The largest absolute Gasteiger partial charge is 0.465 e. The van der Waals surface area contributed by atoms with E-state index in [0.29, 0.717) is 4.90 Å². The third-order valence-electron chi connectivity index (χ3n) is 2.24. The standard InChI is InChI=1S/C8H12F2N2O3/c1-11(2)6(13)5-3-8(9,10)4-12(5)7(14)15/h5H,3-4H2,1-2H3,(H,14,15)/t5-/m0/s1. The van der Waals surface area contributed by atoms with Crippen LogP contribution >= 0.6 is 0 Å². The number of rotatable bonds is 1. The number of hydrogen-bond donors (Lipinski definition) is 1. The quantitative estimate of drug-likeness (QED) is 0.701. The molecule has 1 aliphatic heterocycles. The van der Waals surface area contributed by atoms with Gasteiger partial charge in [-0.1, -0.05) is 0 Å². The number of likely N-dealkylation sites (N-methyl/N-ethyl adjacent to an activating group) is 1. The van der Waals surface area contributed by atoms with Gasteiger partial charge in [-0.05, 0) is 0 Å². The summed E-state index contributed by atoms with van der Waals surface area (Å²) in [5.74, 6) is -3.73. The highest BCUT2D eigenvalue weighted by Gasteiger charge is 2.50. The maximum atomic E-state index is 13.0. The molecular formula is C8H12F2N2O3. The van der Waals surface area contributed by atoms with Gasteiger partial charge in [-0.3, -0.25) is 9.69 Å². The Bertz CT molecular complexity index is 294. The normalized spacial score (nSPS) is 24.0. The third kappa shape index (κ3) is 2.34. The predicted octanol–water partition coefficient (Wildman–Crippen LogP) is 0.462. The average molecular weight is 222 g/mol. The molecule has 1 heterocycles. The van der Waals surface area contributed by atoms with Gasteiger partial charge < -0.3 is 10.0 Å². The van der Waals surface area contributed by atoms with E-state index < -0.39 is 36.9 Å². The minimum absolute atomic E-state index is 0.488. The molecule has 1 atom stereocenters. The van der Waals surface area contributed by atoms with Crippen LogP contribution in [0.15, 0.2) is 0 Å². The summed E-state index contributed by atoms with van der Waals surface area (Å²) in [6.45, 7) is -0.910. The lowest BCUT2D eigenvalue weighted by Gasteiger charge is -2.22. The number of halogens is 2. The summed E-state index contributed by atoms with van der Waals surface area (Å²) in [6.07, 6.45) is -2.23. The maximum Gasteiger partial charge on any atom is 0.408 e. The molecule has 0 aromatic rings. The van der Waals surface area contributed by atoms with Crippen LogP contribution < -0.4 is 0 Å². The van der Waals surface area contributed by atoms with Gasteiger partial charge in [0.05, 0.1) is 6.54 Å². The monoisotopic (exact) mass is 222 g/mol. The molecule has 1 fully saturated rings. The zero-order chi connectivity index (χ0) is 11.8. The van der Waals surface area contributed by atoms with Crippen LogP contribution in [0.5, 0.6) is 0 Å². The zero-order valence-electron chi connectivity index (χ0n) is 8.41. The van der Waals surface area contributed by atoms with E-state index in [2.05, 4.69) is 0 Å². The van der Waals surface area contributed by atoms with Crippen LogP contribution in [0.3, 0.4) is 0 Å². The molecule has 1 rings (SSSR count). The lowest BCUT2D eigenvalue weighted by Crippen LogP contribution is -2.44. The molecule has 2 amide bonds. The zero-order valence-corrected chi connectivity index (χ0v) is 8.41. The molecule has 1 N–H and O–H groups in total. The van der Waals surface area contributed by atoms with E-state index in [1.807, 2.05) is 0 Å². The molecule has 7 heteroatoms. The number of carbonyl (C=O) groups excluding carboxylic acids is 1. The fraction of sp³-hybridized carbons (Fsp3) is 0.750. The maximum absolute atomic E-state index is 13.0. The molecule has 1 aliphatic rings. The molecule has 0 saturated carbocycles. The van der Waals surface area contributed by atoms with Crippen LogP contribution in [0.25, 0.3) is 0 Å². The Morgan fingerprint density at radius 3 is 2.40 bits per heavy atom. The van der Waals surface area contributed by atoms with Crippen molar-refractivity contribution in [2.24, 2.45) is 0 Å². The fourth-order valence-corrected chi connectivity index (χ4v) is 1.54. The molecule has 0 bridgehead atoms. The minimum atomic E-state index is -3.12. The van der Waals surface area contributed by atoms with Gasteiger partial charge in [-0.15, -0.1) is 0 Å². The number of nitrogens with zero attached hydrogens (tertiary/aromatic N) is 2. The first-order valence-corrected chi connectivity index (χ1v) is 4.33. The average Bonchev–Trinajstić information content (AvgIpc) is 2.40. The van der Waals surface area contributed by atoms with Crippen molar-refractivity contribution in [2.75, 3.05) is 20.6 Å². The van der Waals surface area contributed by atoms with Gasteiger partial charge >= 0.3 is 6.09 Å². The first-order valence-electron chi connectivity index (χ1n) is 4.33. The number of carboxylic acid groups (broad SMARTS) is 1. The Morgan fingerprint density at radius 2 is 2.00 bits per heavy atom. The lowest BCUT2D eigenvalue weighted by atomic mass is 10.1. The highest BCUT2D eigenvalue weighted by molar-refractivity contribution is 5.85. The van der Waals surface area contributed by atoms with E-state index in [4.69, 9.17) is 5.11 Å². The van der Waals surface area contributed by atoms with Crippen molar-refractivity contribution in [3.05, 3.63) is 0 Å². The molecule has 0 radical (unpaired) electrons. The van der Waals surface area contributed by atoms with Crippen LogP contribution in [-0.4, -0.2) is 59.5 Å². The first-order chi connectivity index (χ1) is 6.74. The minimum Gasteiger partial charge on any atom is -0.465 e. The first kappa shape index (κ1) is 11.7. The van der Waals surface area contributed by atoms with Gasteiger partial charge in [0.15, 0.2) is 0 Å². The molecule has 5 nitrogen and oxygen atoms in total. The third-order valence-corrected chi connectivity index (χ3v) is 2.24. The van der Waals surface area contributed by atoms with Crippen molar-refractivity contribution in [1.82, 2.24) is 9.80 Å². The van der Waals surface area contributed by atoms with Crippen LogP contribution in [0, 0.1) is 0 Å². The summed E-state index contributed by atoms with van der Waals surface area (Å²) < 4.78 is 25.9. The topological polar surface area (TPSA) is 60.9 Å². The number of hydrogen-bond acceptors (Lipinski definition) is 2. The predicted molar refractivity (Wildman–Crippen MR) is 46.8 cm³/mol. The lowest BCUT2D eigenvalue weighted by molar-refractivity contribution is -0.133. The van der Waals surface area contributed by atoms with E-state index in [1.165, 1.54) is 14.1 Å². The molecule has 0 aromatic carbocycles. The van der Waals surface area contributed by atoms with E-state index in [9.17, 15) is 18.4 Å². The van der Waals surface area contributed by atoms with Crippen LogP contribution in [0.4, 0.5) is 13.6 Å². The molecule has 15 heavy (non-hydrogen) atoms. The summed E-state index contributed by atoms with van der Waals surface area (Å²) >= 11 is 0. The van der Waals surface area contributed by atoms with Crippen molar-refractivity contribution in [2.45, 2.75) is 18.4 Å². The number of carbonyl (C=O) groups is 2. The second-order valence-corrected chi connectivity index (χ2v) is 3.72. The molecule has 0 unspecified atom stereocenters. The highest BCUT2D eigenvalue weighted by atomic mass is 19.3. The van der Waals surface area contributed by atoms with E-state index >= 15 is 0 Å². The van der Waals surface area contributed by atoms with Crippen molar-refractivity contribution in [3.63, 3.8) is 0 Å². The van der Waals surface area contributed by atoms with Gasteiger partial charge in [0, 0.05) is 20.5 Å². The van der Waals surface area contributed by atoms with Gasteiger partial charge in [-0.25, -0.2) is 13.6 Å². The van der Waals surface area contributed by atoms with Gasteiger partial charge in [0.25, 0.3) is 5.92 Å². The summed E-state index contributed by atoms with van der Waals surface area (Å²) in [6, 6.07) is -1.27. The second kappa shape index (κ2) is 3.63. The molecule has 86 valence electrons. The van der Waals surface area contributed by atoms with Crippen molar-refractivity contribution in [1.29, 1.82) is 0 Å². The number of alkyl halides is 2. The Labute approximate surface area is 85.3 Å². The molecular weight excluding hydrogens is 210 g/mol.